The first-order valence-corrected chi connectivity index (χ1v) is 4.16. The van der Waals surface area contributed by atoms with Crippen molar-refractivity contribution in [1.29, 1.82) is 5.26 Å². The Hall–Kier alpha value is -0.840. The van der Waals surface area contributed by atoms with Gasteiger partial charge < -0.3 is 0 Å². The fourth-order valence-electron chi connectivity index (χ4n) is 0.707. The second kappa shape index (κ2) is 3.49. The first-order valence-electron chi connectivity index (χ1n) is 3.08. The van der Waals surface area contributed by atoms with Crippen molar-refractivity contribution in [3.8, 4) is 6.07 Å². The van der Waals surface area contributed by atoms with E-state index in [0.29, 0.717) is 0 Å². The van der Waals surface area contributed by atoms with Crippen LogP contribution in [0.15, 0.2) is 12.1 Å². The molecule has 0 unspecified atom stereocenters. The van der Waals surface area contributed by atoms with Gasteiger partial charge in [0.15, 0.2) is 0 Å². The van der Waals surface area contributed by atoms with Gasteiger partial charge in [0.1, 0.15) is 9.39 Å². The zero-order valence-electron chi connectivity index (χ0n) is 6.06. The summed E-state index contributed by atoms with van der Waals surface area (Å²) in [6, 6.07) is 3.65. The van der Waals surface area contributed by atoms with E-state index in [4.69, 9.17) is 5.26 Å². The maximum Gasteiger partial charge on any atom is 0.433 e. The number of halogens is 4. The van der Waals surface area contributed by atoms with Gasteiger partial charge in [-0.1, -0.05) is 0 Å². The Morgan fingerprint density at radius 3 is 2.46 bits per heavy atom. The van der Waals surface area contributed by atoms with Crippen molar-refractivity contribution < 1.29 is 13.2 Å². The lowest BCUT2D eigenvalue weighted by Gasteiger charge is -2.05. The van der Waals surface area contributed by atoms with Gasteiger partial charge in [0.25, 0.3) is 0 Å². The molecule has 0 radical (unpaired) electrons. The van der Waals surface area contributed by atoms with E-state index in [1.807, 2.05) is 0 Å². The largest absolute Gasteiger partial charge is 0.433 e. The predicted molar refractivity (Wildman–Crippen MR) is 46.7 cm³/mol. The normalized spacial score (nSPS) is 11.0. The monoisotopic (exact) mass is 298 g/mol. The molecule has 0 saturated carbocycles. The van der Waals surface area contributed by atoms with E-state index < -0.39 is 11.9 Å². The first kappa shape index (κ1) is 10.2. The van der Waals surface area contributed by atoms with Crippen LogP contribution in [0.2, 0.25) is 0 Å². The average molecular weight is 298 g/mol. The maximum absolute atomic E-state index is 12.1. The van der Waals surface area contributed by atoms with Crippen LogP contribution in [0.1, 0.15) is 11.3 Å². The fraction of sp³-hybridized carbons (Fsp3) is 0.143. The van der Waals surface area contributed by atoms with Gasteiger partial charge in [-0.2, -0.15) is 18.4 Å². The highest BCUT2D eigenvalue weighted by molar-refractivity contribution is 14.1. The van der Waals surface area contributed by atoms with Gasteiger partial charge in [-0.15, -0.1) is 0 Å². The van der Waals surface area contributed by atoms with Crippen LogP contribution in [0, 0.1) is 15.0 Å². The van der Waals surface area contributed by atoms with E-state index in [0.717, 1.165) is 6.07 Å². The number of nitriles is 1. The molecule has 0 saturated heterocycles. The second-order valence-corrected chi connectivity index (χ2v) is 3.28. The van der Waals surface area contributed by atoms with Crippen LogP contribution in [-0.4, -0.2) is 4.98 Å². The number of nitrogens with zero attached hydrogens (tertiary/aromatic N) is 2. The summed E-state index contributed by atoms with van der Waals surface area (Å²) in [6.45, 7) is 0. The molecule has 68 valence electrons. The summed E-state index contributed by atoms with van der Waals surface area (Å²) >= 11 is 1.63. The molecule has 0 bridgehead atoms. The topological polar surface area (TPSA) is 36.7 Å². The highest BCUT2D eigenvalue weighted by Crippen LogP contribution is 2.28. The Morgan fingerprint density at radius 1 is 1.38 bits per heavy atom. The molecular weight excluding hydrogens is 296 g/mol. The molecule has 0 N–H and O–H groups in total. The Kier molecular flexibility index (Phi) is 2.75. The maximum atomic E-state index is 12.1. The zero-order valence-corrected chi connectivity index (χ0v) is 8.22. The number of rotatable bonds is 0. The van der Waals surface area contributed by atoms with Crippen LogP contribution >= 0.6 is 22.6 Å². The van der Waals surface area contributed by atoms with Crippen molar-refractivity contribution in [2.45, 2.75) is 6.18 Å². The predicted octanol–water partition coefficient (Wildman–Crippen LogP) is 2.58. The van der Waals surface area contributed by atoms with Crippen molar-refractivity contribution in [3.05, 3.63) is 27.1 Å². The summed E-state index contributed by atoms with van der Waals surface area (Å²) in [4.78, 5) is 3.26. The average Bonchev–Trinajstić information content (AvgIpc) is 2.01. The molecule has 0 fully saturated rings. The molecule has 2 nitrogen and oxygen atoms in total. The molecule has 0 atom stereocenters. The highest BCUT2D eigenvalue weighted by Gasteiger charge is 2.33. The van der Waals surface area contributed by atoms with E-state index in [9.17, 15) is 13.2 Å². The van der Waals surface area contributed by atoms with Gasteiger partial charge in [-0.05, 0) is 34.7 Å². The van der Waals surface area contributed by atoms with Crippen molar-refractivity contribution in [2.24, 2.45) is 0 Å². The summed E-state index contributed by atoms with van der Waals surface area (Å²) in [5.74, 6) is 0. The summed E-state index contributed by atoms with van der Waals surface area (Å²) in [5.41, 5.74) is -1.07. The molecule has 0 aliphatic heterocycles. The van der Waals surface area contributed by atoms with E-state index >= 15 is 0 Å². The van der Waals surface area contributed by atoms with Crippen molar-refractivity contribution in [3.63, 3.8) is 0 Å². The van der Waals surface area contributed by atoms with Gasteiger partial charge in [-0.25, -0.2) is 4.98 Å². The minimum absolute atomic E-state index is 0.0354. The highest BCUT2D eigenvalue weighted by atomic mass is 127. The quantitative estimate of drug-likeness (QED) is 0.545. The minimum Gasteiger partial charge on any atom is -0.237 e. The van der Waals surface area contributed by atoms with Crippen LogP contribution in [0.25, 0.3) is 0 Å². The summed E-state index contributed by atoms with van der Waals surface area (Å²) in [7, 11) is 0. The van der Waals surface area contributed by atoms with E-state index in [-0.39, 0.29) is 9.26 Å². The Labute approximate surface area is 85.5 Å². The summed E-state index contributed by atoms with van der Waals surface area (Å²) in [5, 5.41) is 8.40. The zero-order chi connectivity index (χ0) is 10.1. The lowest BCUT2D eigenvalue weighted by molar-refractivity contribution is -0.141. The SMILES string of the molecule is N#Cc1cc(I)nc(C(F)(F)F)c1. The summed E-state index contributed by atoms with van der Waals surface area (Å²) in [6.07, 6.45) is -4.49. The molecule has 0 aliphatic carbocycles. The van der Waals surface area contributed by atoms with Crippen molar-refractivity contribution in [1.82, 2.24) is 4.98 Å². The molecule has 13 heavy (non-hydrogen) atoms. The van der Waals surface area contributed by atoms with E-state index in [2.05, 4.69) is 4.98 Å². The van der Waals surface area contributed by atoms with Crippen molar-refractivity contribution >= 4 is 22.6 Å². The van der Waals surface area contributed by atoms with Crippen LogP contribution in [0.5, 0.6) is 0 Å². The number of hydrogen-bond donors (Lipinski definition) is 0. The standard InChI is InChI=1S/C7H2F3IN2/c8-7(9,10)5-1-4(3-12)2-6(11)13-5/h1-2H. The first-order chi connectivity index (χ1) is 5.93. The molecule has 1 rings (SSSR count). The molecule has 1 aromatic rings. The second-order valence-electron chi connectivity index (χ2n) is 2.17. The van der Waals surface area contributed by atoms with E-state index in [1.165, 1.54) is 6.07 Å². The van der Waals surface area contributed by atoms with E-state index in [1.54, 1.807) is 28.7 Å². The van der Waals surface area contributed by atoms with Gasteiger partial charge in [0.2, 0.25) is 0 Å². The molecule has 0 aliphatic rings. The fourth-order valence-corrected chi connectivity index (χ4v) is 1.30. The molecule has 0 amide bonds. The van der Waals surface area contributed by atoms with Crippen LogP contribution < -0.4 is 0 Å². The lowest BCUT2D eigenvalue weighted by Crippen LogP contribution is -2.09. The Morgan fingerprint density at radius 2 is 2.00 bits per heavy atom. The van der Waals surface area contributed by atoms with Gasteiger partial charge in [0.05, 0.1) is 11.6 Å². The number of aromatic nitrogens is 1. The third kappa shape index (κ3) is 2.55. The smallest absolute Gasteiger partial charge is 0.237 e. The number of pyridine rings is 1. The van der Waals surface area contributed by atoms with Gasteiger partial charge >= 0.3 is 6.18 Å². The minimum atomic E-state index is -4.49. The third-order valence-electron chi connectivity index (χ3n) is 1.21. The molecule has 1 heterocycles. The van der Waals surface area contributed by atoms with Gasteiger partial charge in [-0.3, -0.25) is 0 Å². The third-order valence-corrected chi connectivity index (χ3v) is 1.77. The molecule has 0 aromatic carbocycles. The van der Waals surface area contributed by atoms with Gasteiger partial charge in [0, 0.05) is 0 Å². The molecule has 6 heteroatoms. The lowest BCUT2D eigenvalue weighted by atomic mass is 10.2. The summed E-state index contributed by atoms with van der Waals surface area (Å²) < 4.78 is 36.5. The molecule has 0 spiro atoms. The molecular formula is C7H2F3IN2. The Bertz CT molecular complexity index is 367. The van der Waals surface area contributed by atoms with Crippen LogP contribution in [0.3, 0.4) is 0 Å². The van der Waals surface area contributed by atoms with Crippen molar-refractivity contribution in [2.75, 3.05) is 0 Å². The Balaban J connectivity index is 3.26. The van der Waals surface area contributed by atoms with Crippen LogP contribution in [0.4, 0.5) is 13.2 Å². The number of hydrogen-bond acceptors (Lipinski definition) is 2. The van der Waals surface area contributed by atoms with Crippen LogP contribution in [-0.2, 0) is 6.18 Å². The number of alkyl halides is 3. The molecule has 1 aromatic heterocycles.